The van der Waals surface area contributed by atoms with E-state index in [-0.39, 0.29) is 17.8 Å². The number of halogens is 1. The predicted molar refractivity (Wildman–Crippen MR) is 109 cm³/mol. The molecule has 2 aromatic carbocycles. The number of carbonyl (C=O) groups is 2. The van der Waals surface area contributed by atoms with Gasteiger partial charge in [-0.2, -0.15) is 0 Å². The maximum Gasteiger partial charge on any atom is 0.290 e. The smallest absolute Gasteiger partial charge is 0.290 e. The molecule has 152 valence electrons. The molecule has 1 aliphatic rings. The molecule has 1 aliphatic heterocycles. The van der Waals surface area contributed by atoms with Crippen molar-refractivity contribution in [2.45, 2.75) is 18.9 Å². The molecule has 0 saturated heterocycles. The molecule has 1 N–H and O–H groups in total. The van der Waals surface area contributed by atoms with E-state index in [1.807, 2.05) is 49.3 Å². The highest BCUT2D eigenvalue weighted by molar-refractivity contribution is 6.09. The Morgan fingerprint density at radius 3 is 2.38 bits per heavy atom. The number of aliphatic hydroxyl groups excluding tert-OH is 1. The minimum atomic E-state index is -0.716. The first kappa shape index (κ1) is 20.7. The Morgan fingerprint density at radius 1 is 1.10 bits per heavy atom. The Labute approximate surface area is 170 Å². The van der Waals surface area contributed by atoms with Crippen molar-refractivity contribution in [3.63, 3.8) is 0 Å². The molecule has 0 radical (unpaired) electrons. The van der Waals surface area contributed by atoms with Gasteiger partial charge in [-0.05, 0) is 43.8 Å². The zero-order chi connectivity index (χ0) is 21.0. The lowest BCUT2D eigenvalue weighted by Gasteiger charge is -2.28. The van der Waals surface area contributed by atoms with Gasteiger partial charge in [0.1, 0.15) is 5.82 Å². The largest absolute Gasteiger partial charge is 0.503 e. The number of hydrogen-bond donors (Lipinski definition) is 1. The molecule has 0 aromatic heterocycles. The van der Waals surface area contributed by atoms with E-state index in [4.69, 9.17) is 0 Å². The zero-order valence-corrected chi connectivity index (χ0v) is 16.6. The molecule has 6 heteroatoms. The Hall–Kier alpha value is -2.99. The average Bonchev–Trinajstić information content (AvgIpc) is 2.96. The monoisotopic (exact) mass is 396 g/mol. The van der Waals surface area contributed by atoms with Crippen LogP contribution >= 0.6 is 0 Å². The van der Waals surface area contributed by atoms with E-state index in [2.05, 4.69) is 0 Å². The average molecular weight is 396 g/mol. The lowest BCUT2D eigenvalue weighted by Crippen LogP contribution is -2.36. The topological polar surface area (TPSA) is 60.9 Å². The van der Waals surface area contributed by atoms with Crippen LogP contribution in [0.4, 0.5) is 4.39 Å². The van der Waals surface area contributed by atoms with Crippen LogP contribution in [0.25, 0.3) is 0 Å². The van der Waals surface area contributed by atoms with E-state index >= 15 is 0 Å². The molecular formula is C23H25FN2O3. The summed E-state index contributed by atoms with van der Waals surface area (Å²) in [5, 5.41) is 10.5. The molecule has 0 fully saturated rings. The van der Waals surface area contributed by atoms with Crippen LogP contribution in [0, 0.1) is 5.82 Å². The Balaban J connectivity index is 1.89. The molecule has 5 nitrogen and oxygen atoms in total. The third-order valence-electron chi connectivity index (χ3n) is 5.06. The number of likely N-dealkylation sites (N-methyl/N-ethyl adjacent to an activating group) is 1. The number of Topliss-reactive ketones (excluding diaryl/α,β-unsaturated/α-hetero) is 1. The fourth-order valence-electron chi connectivity index (χ4n) is 3.51. The summed E-state index contributed by atoms with van der Waals surface area (Å²) < 4.78 is 13.4. The summed E-state index contributed by atoms with van der Waals surface area (Å²) in [6.07, 6.45) is 0.689. The van der Waals surface area contributed by atoms with E-state index in [1.54, 1.807) is 12.1 Å². The van der Waals surface area contributed by atoms with E-state index < -0.39 is 23.5 Å². The van der Waals surface area contributed by atoms with Gasteiger partial charge in [-0.3, -0.25) is 9.59 Å². The van der Waals surface area contributed by atoms with Crippen LogP contribution in [0.5, 0.6) is 0 Å². The highest BCUT2D eigenvalue weighted by Crippen LogP contribution is 2.38. The van der Waals surface area contributed by atoms with E-state index in [0.717, 1.165) is 5.56 Å². The lowest BCUT2D eigenvalue weighted by atomic mass is 9.93. The standard InChI is InChI=1S/C23H25FN2O3/c1-25(2)14-15-26-21(17-9-11-18(24)12-10-17)20(22(28)23(26)29)19(27)13-8-16-6-4-3-5-7-16/h3-7,9-12,21,28H,8,13-15H2,1-2H3. The second-order valence-corrected chi connectivity index (χ2v) is 7.43. The number of hydrogen-bond acceptors (Lipinski definition) is 4. The van der Waals surface area contributed by atoms with Crippen LogP contribution < -0.4 is 0 Å². The zero-order valence-electron chi connectivity index (χ0n) is 16.6. The number of rotatable bonds is 8. The Kier molecular flexibility index (Phi) is 6.44. The van der Waals surface area contributed by atoms with Crippen molar-refractivity contribution in [3.05, 3.63) is 82.9 Å². The van der Waals surface area contributed by atoms with Crippen molar-refractivity contribution in [2.24, 2.45) is 0 Å². The number of aryl methyl sites for hydroxylation is 1. The van der Waals surface area contributed by atoms with Gasteiger partial charge in [-0.1, -0.05) is 42.5 Å². The van der Waals surface area contributed by atoms with Crippen LogP contribution in [-0.2, 0) is 16.0 Å². The minimum Gasteiger partial charge on any atom is -0.503 e. The van der Waals surface area contributed by atoms with Gasteiger partial charge in [-0.15, -0.1) is 0 Å². The molecule has 1 atom stereocenters. The van der Waals surface area contributed by atoms with Crippen LogP contribution in [0.15, 0.2) is 65.9 Å². The highest BCUT2D eigenvalue weighted by atomic mass is 19.1. The van der Waals surface area contributed by atoms with Gasteiger partial charge in [0.15, 0.2) is 11.5 Å². The summed E-state index contributed by atoms with van der Waals surface area (Å²) in [5.41, 5.74) is 1.70. The van der Waals surface area contributed by atoms with Crippen molar-refractivity contribution in [3.8, 4) is 0 Å². The second kappa shape index (κ2) is 9.01. The Bertz CT molecular complexity index is 907. The van der Waals surface area contributed by atoms with Crippen molar-refractivity contribution in [2.75, 3.05) is 27.2 Å². The number of benzene rings is 2. The lowest BCUT2D eigenvalue weighted by molar-refractivity contribution is -0.129. The van der Waals surface area contributed by atoms with Crippen LogP contribution in [0.1, 0.15) is 23.6 Å². The first-order valence-corrected chi connectivity index (χ1v) is 9.60. The molecule has 1 unspecified atom stereocenters. The van der Waals surface area contributed by atoms with Gasteiger partial charge in [0.05, 0.1) is 11.6 Å². The van der Waals surface area contributed by atoms with Crippen molar-refractivity contribution in [1.29, 1.82) is 0 Å². The summed E-state index contributed by atoms with van der Waals surface area (Å²) in [6, 6.07) is 14.6. The summed E-state index contributed by atoms with van der Waals surface area (Å²) in [5.74, 6) is -1.75. The molecule has 1 amide bonds. The molecule has 3 rings (SSSR count). The Morgan fingerprint density at radius 2 is 1.76 bits per heavy atom. The number of ketones is 1. The minimum absolute atomic E-state index is 0.0938. The maximum atomic E-state index is 13.4. The number of carbonyl (C=O) groups excluding carboxylic acids is 2. The van der Waals surface area contributed by atoms with Gasteiger partial charge >= 0.3 is 0 Å². The van der Waals surface area contributed by atoms with Gasteiger partial charge in [0.25, 0.3) is 5.91 Å². The number of nitrogens with zero attached hydrogens (tertiary/aromatic N) is 2. The van der Waals surface area contributed by atoms with Crippen molar-refractivity contribution >= 4 is 11.7 Å². The predicted octanol–water partition coefficient (Wildman–Crippen LogP) is 3.28. The third-order valence-corrected chi connectivity index (χ3v) is 5.06. The van der Waals surface area contributed by atoms with E-state index in [1.165, 1.54) is 17.0 Å². The van der Waals surface area contributed by atoms with Gasteiger partial charge in [0.2, 0.25) is 0 Å². The maximum absolute atomic E-state index is 13.4. The normalized spacial score (nSPS) is 16.8. The van der Waals surface area contributed by atoms with Crippen LogP contribution in [-0.4, -0.2) is 53.8 Å². The van der Waals surface area contributed by atoms with Gasteiger partial charge < -0.3 is 14.9 Å². The summed E-state index contributed by atoms with van der Waals surface area (Å²) >= 11 is 0. The fraction of sp³-hybridized carbons (Fsp3) is 0.304. The van der Waals surface area contributed by atoms with E-state index in [0.29, 0.717) is 25.1 Å². The molecule has 29 heavy (non-hydrogen) atoms. The first-order valence-electron chi connectivity index (χ1n) is 9.60. The number of aliphatic hydroxyl groups is 1. The molecule has 1 heterocycles. The summed E-state index contributed by atoms with van der Waals surface area (Å²) in [4.78, 5) is 29.2. The second-order valence-electron chi connectivity index (χ2n) is 7.43. The molecule has 0 spiro atoms. The molecule has 2 aromatic rings. The fourth-order valence-corrected chi connectivity index (χ4v) is 3.51. The molecule has 0 bridgehead atoms. The summed E-state index contributed by atoms with van der Waals surface area (Å²) in [7, 11) is 3.76. The molecular weight excluding hydrogens is 371 g/mol. The van der Waals surface area contributed by atoms with Crippen LogP contribution in [0.2, 0.25) is 0 Å². The van der Waals surface area contributed by atoms with Crippen molar-refractivity contribution < 1.29 is 19.1 Å². The quantitative estimate of drug-likeness (QED) is 0.744. The number of amides is 1. The first-order chi connectivity index (χ1) is 13.9. The van der Waals surface area contributed by atoms with Gasteiger partial charge in [0, 0.05) is 19.5 Å². The highest BCUT2D eigenvalue weighted by Gasteiger charge is 2.42. The van der Waals surface area contributed by atoms with Crippen LogP contribution in [0.3, 0.4) is 0 Å². The third kappa shape index (κ3) is 4.71. The van der Waals surface area contributed by atoms with Gasteiger partial charge in [-0.25, -0.2) is 4.39 Å². The molecule has 0 saturated carbocycles. The van der Waals surface area contributed by atoms with Crippen molar-refractivity contribution in [1.82, 2.24) is 9.80 Å². The summed E-state index contributed by atoms with van der Waals surface area (Å²) in [6.45, 7) is 0.912. The molecule has 0 aliphatic carbocycles. The van der Waals surface area contributed by atoms with E-state index in [9.17, 15) is 19.1 Å². The SMILES string of the molecule is CN(C)CCN1C(=O)C(O)=C(C(=O)CCc2ccccc2)C1c1ccc(F)cc1.